The molecule has 1 rings (SSSR count). The summed E-state index contributed by atoms with van der Waals surface area (Å²) in [6.45, 7) is 0.871. The van der Waals surface area contributed by atoms with Gasteiger partial charge in [0.05, 0.1) is 6.61 Å². The molecule has 78 valence electrons. The van der Waals surface area contributed by atoms with Crippen molar-refractivity contribution in [2.24, 2.45) is 0 Å². The number of aliphatic hydroxyl groups excluding tert-OH is 3. The highest BCUT2D eigenvalue weighted by Gasteiger charge is 2.20. The van der Waals surface area contributed by atoms with Crippen LogP contribution in [-0.4, -0.2) is 33.0 Å². The molecule has 0 bridgehead atoms. The molecule has 3 N–H and O–H groups in total. The Bertz CT molecular complexity index is 319. The summed E-state index contributed by atoms with van der Waals surface area (Å²) in [5.41, 5.74) is 0.409. The van der Waals surface area contributed by atoms with Crippen molar-refractivity contribution in [1.82, 2.24) is 4.98 Å². The summed E-state index contributed by atoms with van der Waals surface area (Å²) in [7, 11) is 0. The van der Waals surface area contributed by atoms with Gasteiger partial charge in [-0.1, -0.05) is 0 Å². The highest BCUT2D eigenvalue weighted by Crippen LogP contribution is 2.21. The number of halogens is 1. The minimum Gasteiger partial charge on any atom is -0.394 e. The number of pyridine rings is 1. The molecule has 4 nitrogen and oxygen atoms in total. The fraction of sp³-hybridized carbons (Fsp3) is 0.444. The van der Waals surface area contributed by atoms with Gasteiger partial charge in [-0.2, -0.15) is 4.39 Å². The van der Waals surface area contributed by atoms with Crippen molar-refractivity contribution < 1.29 is 19.7 Å². The van der Waals surface area contributed by atoms with Gasteiger partial charge in [0.15, 0.2) is 0 Å². The Labute approximate surface area is 80.7 Å². The molecule has 5 heteroatoms. The van der Waals surface area contributed by atoms with Crippen LogP contribution < -0.4 is 0 Å². The van der Waals surface area contributed by atoms with Crippen LogP contribution in [-0.2, 0) is 0 Å². The average molecular weight is 201 g/mol. The molecule has 0 spiro atoms. The van der Waals surface area contributed by atoms with Crippen molar-refractivity contribution in [3.05, 3.63) is 29.3 Å². The summed E-state index contributed by atoms with van der Waals surface area (Å²) >= 11 is 0. The van der Waals surface area contributed by atoms with E-state index in [0.29, 0.717) is 0 Å². The highest BCUT2D eigenvalue weighted by molar-refractivity contribution is 5.25. The topological polar surface area (TPSA) is 73.6 Å². The first-order valence-corrected chi connectivity index (χ1v) is 4.16. The highest BCUT2D eigenvalue weighted by atomic mass is 19.1. The van der Waals surface area contributed by atoms with Crippen molar-refractivity contribution in [3.8, 4) is 0 Å². The molecular formula is C9H12FNO3. The number of aliphatic hydroxyl groups is 3. The second-order valence-electron chi connectivity index (χ2n) is 3.01. The molecule has 0 aliphatic rings. The molecule has 0 aromatic carbocycles. The molecule has 0 saturated carbocycles. The fourth-order valence-corrected chi connectivity index (χ4v) is 1.15. The first kappa shape index (κ1) is 11.0. The first-order valence-electron chi connectivity index (χ1n) is 4.16. The Balaban J connectivity index is 3.01. The van der Waals surface area contributed by atoms with Crippen LogP contribution in [0, 0.1) is 12.9 Å². The third kappa shape index (κ3) is 2.06. The molecule has 0 aliphatic heterocycles. The quantitative estimate of drug-likeness (QED) is 0.598. The predicted octanol–water partition coefficient (Wildman–Crippen LogP) is -0.0843. The van der Waals surface area contributed by atoms with Crippen molar-refractivity contribution in [3.63, 3.8) is 0 Å². The minimum atomic E-state index is -1.31. The van der Waals surface area contributed by atoms with Gasteiger partial charge in [-0.05, 0) is 18.6 Å². The van der Waals surface area contributed by atoms with E-state index < -0.39 is 24.8 Å². The Hall–Kier alpha value is -1.04. The van der Waals surface area contributed by atoms with Crippen LogP contribution >= 0.6 is 0 Å². The summed E-state index contributed by atoms with van der Waals surface area (Å²) in [4.78, 5) is 3.39. The standard InChI is InChI=1S/C9H12FNO3/c1-5-6(2-3-11-9(5)10)8(14)7(13)4-12/h2-3,7-8,12-14H,4H2,1H3. The van der Waals surface area contributed by atoms with Crippen LogP contribution in [0.5, 0.6) is 0 Å². The first-order chi connectivity index (χ1) is 6.57. The molecule has 2 unspecified atom stereocenters. The summed E-state index contributed by atoms with van der Waals surface area (Å²) in [6.07, 6.45) is -1.40. The van der Waals surface area contributed by atoms with Crippen molar-refractivity contribution in [1.29, 1.82) is 0 Å². The van der Waals surface area contributed by atoms with Gasteiger partial charge in [-0.15, -0.1) is 0 Å². The van der Waals surface area contributed by atoms with Gasteiger partial charge >= 0.3 is 0 Å². The average Bonchev–Trinajstić information content (AvgIpc) is 2.20. The van der Waals surface area contributed by atoms with E-state index >= 15 is 0 Å². The summed E-state index contributed by atoms with van der Waals surface area (Å²) in [6, 6.07) is 1.40. The molecule has 2 atom stereocenters. The maximum atomic E-state index is 12.9. The van der Waals surface area contributed by atoms with Gasteiger partial charge in [0.1, 0.15) is 12.2 Å². The number of hydrogen-bond acceptors (Lipinski definition) is 4. The van der Waals surface area contributed by atoms with E-state index in [2.05, 4.69) is 4.98 Å². The van der Waals surface area contributed by atoms with Gasteiger partial charge < -0.3 is 15.3 Å². The van der Waals surface area contributed by atoms with Crippen LogP contribution in [0.25, 0.3) is 0 Å². The molecule has 0 radical (unpaired) electrons. The second-order valence-corrected chi connectivity index (χ2v) is 3.01. The summed E-state index contributed by atoms with van der Waals surface area (Å²) in [5.74, 6) is -0.688. The Morgan fingerprint density at radius 2 is 2.14 bits per heavy atom. The van der Waals surface area contributed by atoms with E-state index in [1.165, 1.54) is 19.2 Å². The number of nitrogens with zero attached hydrogens (tertiary/aromatic N) is 1. The summed E-state index contributed by atoms with van der Waals surface area (Å²) < 4.78 is 12.9. The van der Waals surface area contributed by atoms with E-state index in [0.717, 1.165) is 0 Å². The van der Waals surface area contributed by atoms with Crippen LogP contribution in [0.3, 0.4) is 0 Å². The number of hydrogen-bond donors (Lipinski definition) is 3. The summed E-state index contributed by atoms with van der Waals surface area (Å²) in [5, 5.41) is 27.2. The molecule has 0 amide bonds. The molecule has 14 heavy (non-hydrogen) atoms. The van der Waals surface area contributed by atoms with Gasteiger partial charge in [0.25, 0.3) is 0 Å². The van der Waals surface area contributed by atoms with E-state index in [9.17, 15) is 9.50 Å². The van der Waals surface area contributed by atoms with Crippen LogP contribution in [0.15, 0.2) is 12.3 Å². The maximum absolute atomic E-state index is 12.9. The smallest absolute Gasteiger partial charge is 0.216 e. The lowest BCUT2D eigenvalue weighted by Gasteiger charge is -2.17. The number of rotatable bonds is 3. The zero-order valence-corrected chi connectivity index (χ0v) is 7.68. The maximum Gasteiger partial charge on any atom is 0.216 e. The monoisotopic (exact) mass is 201 g/mol. The number of aromatic nitrogens is 1. The van der Waals surface area contributed by atoms with E-state index in [4.69, 9.17) is 10.2 Å². The molecule has 0 fully saturated rings. The molecular weight excluding hydrogens is 189 g/mol. The third-order valence-electron chi connectivity index (χ3n) is 2.05. The Kier molecular flexibility index (Phi) is 3.51. The molecule has 1 aromatic rings. The van der Waals surface area contributed by atoms with E-state index in [-0.39, 0.29) is 11.1 Å². The van der Waals surface area contributed by atoms with E-state index in [1.807, 2.05) is 0 Å². The SMILES string of the molecule is Cc1c(C(O)C(O)CO)ccnc1F. The van der Waals surface area contributed by atoms with Crippen LogP contribution in [0.1, 0.15) is 17.2 Å². The fourth-order valence-electron chi connectivity index (χ4n) is 1.15. The zero-order chi connectivity index (χ0) is 10.7. The van der Waals surface area contributed by atoms with Gasteiger partial charge in [-0.25, -0.2) is 4.98 Å². The van der Waals surface area contributed by atoms with Gasteiger partial charge in [-0.3, -0.25) is 0 Å². The Morgan fingerprint density at radius 3 is 2.71 bits per heavy atom. The molecule has 0 aliphatic carbocycles. The van der Waals surface area contributed by atoms with Crippen molar-refractivity contribution in [2.75, 3.05) is 6.61 Å². The van der Waals surface area contributed by atoms with Crippen molar-refractivity contribution >= 4 is 0 Å². The van der Waals surface area contributed by atoms with Gasteiger partial charge in [0.2, 0.25) is 5.95 Å². The molecule has 1 aromatic heterocycles. The van der Waals surface area contributed by atoms with Crippen LogP contribution in [0.2, 0.25) is 0 Å². The molecule has 1 heterocycles. The largest absolute Gasteiger partial charge is 0.394 e. The third-order valence-corrected chi connectivity index (χ3v) is 2.05. The normalized spacial score (nSPS) is 15.2. The van der Waals surface area contributed by atoms with Crippen molar-refractivity contribution in [2.45, 2.75) is 19.1 Å². The predicted molar refractivity (Wildman–Crippen MR) is 47.0 cm³/mol. The van der Waals surface area contributed by atoms with Gasteiger partial charge in [0, 0.05) is 11.8 Å². The zero-order valence-electron chi connectivity index (χ0n) is 7.68. The minimum absolute atomic E-state index is 0.174. The molecule has 0 saturated heterocycles. The lowest BCUT2D eigenvalue weighted by Crippen LogP contribution is -2.23. The lowest BCUT2D eigenvalue weighted by molar-refractivity contribution is -0.0157. The van der Waals surface area contributed by atoms with E-state index in [1.54, 1.807) is 0 Å². The Morgan fingerprint density at radius 1 is 1.50 bits per heavy atom. The van der Waals surface area contributed by atoms with Crippen LogP contribution in [0.4, 0.5) is 4.39 Å². The lowest BCUT2D eigenvalue weighted by atomic mass is 10.0. The second kappa shape index (κ2) is 4.45.